The van der Waals surface area contributed by atoms with Crippen LogP contribution in [0.15, 0.2) is 18.2 Å². The van der Waals surface area contributed by atoms with Gasteiger partial charge in [-0.1, -0.05) is 0 Å². The Morgan fingerprint density at radius 3 is 2.92 bits per heavy atom. The van der Waals surface area contributed by atoms with E-state index in [1.807, 2.05) is 18.2 Å². The van der Waals surface area contributed by atoms with Crippen LogP contribution in [0, 0.1) is 0 Å². The quantitative estimate of drug-likeness (QED) is 0.685. The lowest BCUT2D eigenvalue weighted by atomic mass is 10.2. The summed E-state index contributed by atoms with van der Waals surface area (Å²) in [6, 6.07) is 5.56. The summed E-state index contributed by atoms with van der Waals surface area (Å²) in [6.07, 6.45) is 0. The zero-order valence-electron chi connectivity index (χ0n) is 7.36. The Kier molecular flexibility index (Phi) is 1.98. The molecule has 0 spiro atoms. The summed E-state index contributed by atoms with van der Waals surface area (Å²) in [5, 5.41) is 8.89. The number of hydrogen-bond acceptors (Lipinski definition) is 4. The monoisotopic (exact) mass is 181 g/mol. The first-order valence-corrected chi connectivity index (χ1v) is 4.03. The van der Waals surface area contributed by atoms with Crippen molar-refractivity contribution >= 4 is 5.69 Å². The van der Waals surface area contributed by atoms with Crippen LogP contribution in [0.2, 0.25) is 0 Å². The third-order valence-electron chi connectivity index (χ3n) is 2.01. The molecular weight excluding hydrogens is 170 g/mol. The molecule has 0 atom stereocenters. The highest BCUT2D eigenvalue weighted by atomic mass is 16.7. The fourth-order valence-electron chi connectivity index (χ4n) is 1.20. The van der Waals surface area contributed by atoms with E-state index < -0.39 is 0 Å². The molecule has 13 heavy (non-hydrogen) atoms. The SMILES string of the molecule is CN(CO)c1ccc2c(c1)OCO2. The molecule has 1 heterocycles. The molecule has 1 aliphatic rings. The van der Waals surface area contributed by atoms with Gasteiger partial charge in [0.25, 0.3) is 0 Å². The van der Waals surface area contributed by atoms with E-state index in [0.717, 1.165) is 17.2 Å². The highest BCUT2D eigenvalue weighted by Gasteiger charge is 2.13. The molecule has 4 heteroatoms. The Hall–Kier alpha value is -1.42. The van der Waals surface area contributed by atoms with Crippen molar-refractivity contribution in [1.29, 1.82) is 0 Å². The van der Waals surface area contributed by atoms with Crippen LogP contribution < -0.4 is 14.4 Å². The van der Waals surface area contributed by atoms with Crippen LogP contribution in [0.5, 0.6) is 11.5 Å². The van der Waals surface area contributed by atoms with Gasteiger partial charge in [0.2, 0.25) is 6.79 Å². The number of anilines is 1. The molecule has 70 valence electrons. The molecule has 0 amide bonds. The molecule has 0 unspecified atom stereocenters. The molecule has 1 aromatic carbocycles. The molecule has 0 fully saturated rings. The van der Waals surface area contributed by atoms with Gasteiger partial charge >= 0.3 is 0 Å². The maximum absolute atomic E-state index is 8.89. The van der Waals surface area contributed by atoms with Crippen molar-refractivity contribution < 1.29 is 14.6 Å². The van der Waals surface area contributed by atoms with E-state index in [0.29, 0.717) is 0 Å². The van der Waals surface area contributed by atoms with Crippen LogP contribution in [0.4, 0.5) is 5.69 Å². The first kappa shape index (κ1) is 8.19. The lowest BCUT2D eigenvalue weighted by Gasteiger charge is -2.15. The number of aliphatic hydroxyl groups is 1. The Morgan fingerprint density at radius 1 is 1.38 bits per heavy atom. The van der Waals surface area contributed by atoms with Crippen LogP contribution >= 0.6 is 0 Å². The maximum Gasteiger partial charge on any atom is 0.231 e. The predicted molar refractivity (Wildman–Crippen MR) is 48.1 cm³/mol. The summed E-state index contributed by atoms with van der Waals surface area (Å²) in [6.45, 7) is 0.265. The Bertz CT molecular complexity index is 314. The smallest absolute Gasteiger partial charge is 0.231 e. The van der Waals surface area contributed by atoms with E-state index in [9.17, 15) is 0 Å². The minimum absolute atomic E-state index is 0.0142. The number of aliphatic hydroxyl groups excluding tert-OH is 1. The lowest BCUT2D eigenvalue weighted by Crippen LogP contribution is -2.17. The molecule has 0 aromatic heterocycles. The van der Waals surface area contributed by atoms with E-state index in [1.165, 1.54) is 0 Å². The third-order valence-corrected chi connectivity index (χ3v) is 2.01. The molecule has 1 aliphatic heterocycles. The van der Waals surface area contributed by atoms with Gasteiger partial charge in [0, 0.05) is 18.8 Å². The van der Waals surface area contributed by atoms with Gasteiger partial charge in [-0.25, -0.2) is 0 Å². The Balaban J connectivity index is 2.30. The van der Waals surface area contributed by atoms with Gasteiger partial charge < -0.3 is 19.5 Å². The average molecular weight is 181 g/mol. The standard InChI is InChI=1S/C9H11NO3/c1-10(5-11)7-2-3-8-9(4-7)13-6-12-8/h2-4,11H,5-6H2,1H3. The number of fused-ring (bicyclic) bond motifs is 1. The van der Waals surface area contributed by atoms with Crippen molar-refractivity contribution in [3.05, 3.63) is 18.2 Å². The third kappa shape index (κ3) is 1.40. The fourth-order valence-corrected chi connectivity index (χ4v) is 1.20. The molecule has 0 aliphatic carbocycles. The van der Waals surface area contributed by atoms with Crippen LogP contribution in [-0.2, 0) is 0 Å². The maximum atomic E-state index is 8.89. The Morgan fingerprint density at radius 2 is 2.15 bits per heavy atom. The van der Waals surface area contributed by atoms with Crippen LogP contribution in [0.3, 0.4) is 0 Å². The molecule has 1 aromatic rings. The largest absolute Gasteiger partial charge is 0.454 e. The van der Waals surface area contributed by atoms with E-state index in [2.05, 4.69) is 0 Å². The molecule has 0 bridgehead atoms. The van der Waals surface area contributed by atoms with Gasteiger partial charge in [-0.3, -0.25) is 0 Å². The number of hydrogen-bond donors (Lipinski definition) is 1. The second-order valence-electron chi connectivity index (χ2n) is 2.88. The summed E-state index contributed by atoms with van der Waals surface area (Å²) in [5.41, 5.74) is 0.909. The van der Waals surface area contributed by atoms with Crippen molar-refractivity contribution in [3.8, 4) is 11.5 Å². The molecule has 2 rings (SSSR count). The van der Waals surface area contributed by atoms with Crippen LogP contribution in [0.25, 0.3) is 0 Å². The summed E-state index contributed by atoms with van der Waals surface area (Å²) >= 11 is 0. The summed E-state index contributed by atoms with van der Waals surface area (Å²) in [4.78, 5) is 1.71. The van der Waals surface area contributed by atoms with Gasteiger partial charge in [-0.15, -0.1) is 0 Å². The molecule has 4 nitrogen and oxygen atoms in total. The van der Waals surface area contributed by atoms with Gasteiger partial charge in [0.1, 0.15) is 6.73 Å². The molecule has 0 saturated heterocycles. The topological polar surface area (TPSA) is 41.9 Å². The van der Waals surface area contributed by atoms with Crippen molar-refractivity contribution in [1.82, 2.24) is 0 Å². The van der Waals surface area contributed by atoms with E-state index in [1.54, 1.807) is 11.9 Å². The second-order valence-corrected chi connectivity index (χ2v) is 2.88. The zero-order chi connectivity index (χ0) is 9.26. The molecule has 0 radical (unpaired) electrons. The van der Waals surface area contributed by atoms with Gasteiger partial charge in [-0.05, 0) is 12.1 Å². The number of benzene rings is 1. The predicted octanol–water partition coefficient (Wildman–Crippen LogP) is 0.801. The van der Waals surface area contributed by atoms with Gasteiger partial charge in [0.15, 0.2) is 11.5 Å². The molecular formula is C9H11NO3. The summed E-state index contributed by atoms with van der Waals surface area (Å²) in [5.74, 6) is 1.49. The van der Waals surface area contributed by atoms with Crippen molar-refractivity contribution in [2.75, 3.05) is 25.5 Å². The fraction of sp³-hybridized carbons (Fsp3) is 0.333. The lowest BCUT2D eigenvalue weighted by molar-refractivity contribution is 0.174. The minimum Gasteiger partial charge on any atom is -0.454 e. The highest BCUT2D eigenvalue weighted by molar-refractivity contribution is 5.56. The first-order valence-electron chi connectivity index (χ1n) is 4.03. The summed E-state index contributed by atoms with van der Waals surface area (Å²) < 4.78 is 10.4. The van der Waals surface area contributed by atoms with Crippen molar-refractivity contribution in [2.45, 2.75) is 0 Å². The normalized spacial score (nSPS) is 13.1. The van der Waals surface area contributed by atoms with E-state index in [-0.39, 0.29) is 13.5 Å². The zero-order valence-corrected chi connectivity index (χ0v) is 7.36. The van der Waals surface area contributed by atoms with Crippen LogP contribution in [0.1, 0.15) is 0 Å². The van der Waals surface area contributed by atoms with Crippen molar-refractivity contribution in [2.24, 2.45) is 0 Å². The number of ether oxygens (including phenoxy) is 2. The van der Waals surface area contributed by atoms with Gasteiger partial charge in [0.05, 0.1) is 0 Å². The average Bonchev–Trinajstić information content (AvgIpc) is 2.63. The second kappa shape index (κ2) is 3.14. The van der Waals surface area contributed by atoms with Gasteiger partial charge in [-0.2, -0.15) is 0 Å². The van der Waals surface area contributed by atoms with Crippen molar-refractivity contribution in [3.63, 3.8) is 0 Å². The molecule has 0 saturated carbocycles. The molecule has 1 N–H and O–H groups in total. The summed E-state index contributed by atoms with van der Waals surface area (Å²) in [7, 11) is 1.80. The number of nitrogens with zero attached hydrogens (tertiary/aromatic N) is 1. The first-order chi connectivity index (χ1) is 6.31. The van der Waals surface area contributed by atoms with E-state index in [4.69, 9.17) is 14.6 Å². The van der Waals surface area contributed by atoms with Crippen LogP contribution in [-0.4, -0.2) is 25.7 Å². The Labute approximate surface area is 76.3 Å². The highest BCUT2D eigenvalue weighted by Crippen LogP contribution is 2.34. The minimum atomic E-state index is -0.0142. The number of rotatable bonds is 2. The van der Waals surface area contributed by atoms with E-state index >= 15 is 0 Å².